The lowest BCUT2D eigenvalue weighted by molar-refractivity contribution is -0.384. The number of aromatic hydroxyl groups is 1. The molecule has 0 saturated carbocycles. The van der Waals surface area contributed by atoms with Gasteiger partial charge in [-0.2, -0.15) is 0 Å². The highest BCUT2D eigenvalue weighted by molar-refractivity contribution is 6.33. The molecule has 0 aliphatic carbocycles. The lowest BCUT2D eigenvalue weighted by Crippen LogP contribution is -2.12. The Morgan fingerprint density at radius 1 is 1.29 bits per heavy atom. The molecular weight excluding hydrogens is 296 g/mol. The molecule has 0 fully saturated rings. The fourth-order valence-electron chi connectivity index (χ4n) is 1.78. The quantitative estimate of drug-likeness (QED) is 0.515. The Bertz CT molecular complexity index is 731. The molecule has 0 spiro atoms. The Balaban J connectivity index is 2.24. The zero-order valence-corrected chi connectivity index (χ0v) is 11.7. The topological polar surface area (TPSA) is 92.5 Å². The predicted molar refractivity (Wildman–Crippen MR) is 78.9 cm³/mol. The van der Waals surface area contributed by atoms with Crippen LogP contribution in [0.5, 0.6) is 5.75 Å². The summed E-state index contributed by atoms with van der Waals surface area (Å²) >= 11 is 5.77. The van der Waals surface area contributed by atoms with Crippen LogP contribution in [0.3, 0.4) is 0 Å². The van der Waals surface area contributed by atoms with E-state index in [-0.39, 0.29) is 22.0 Å². The van der Waals surface area contributed by atoms with Crippen molar-refractivity contribution in [3.05, 3.63) is 62.7 Å². The van der Waals surface area contributed by atoms with Gasteiger partial charge in [0.2, 0.25) is 0 Å². The van der Waals surface area contributed by atoms with Crippen LogP contribution in [0.2, 0.25) is 5.02 Å². The standard InChI is InChI=1S/C14H11ClN2O4/c1-8-6-10(18)3-4-12(8)16-14(19)9-2-5-13(17(20)21)11(15)7-9/h2-7,18H,1H3,(H,16,19). The summed E-state index contributed by atoms with van der Waals surface area (Å²) in [5.41, 5.74) is 1.18. The maximum atomic E-state index is 12.1. The number of benzene rings is 2. The van der Waals surface area contributed by atoms with E-state index in [2.05, 4.69) is 5.32 Å². The van der Waals surface area contributed by atoms with Gasteiger partial charge in [0.1, 0.15) is 10.8 Å². The minimum absolute atomic E-state index is 0.101. The van der Waals surface area contributed by atoms with Gasteiger partial charge in [-0.3, -0.25) is 14.9 Å². The van der Waals surface area contributed by atoms with Crippen LogP contribution in [-0.2, 0) is 0 Å². The molecule has 0 radical (unpaired) electrons. The van der Waals surface area contributed by atoms with Gasteiger partial charge < -0.3 is 10.4 Å². The molecule has 108 valence electrons. The van der Waals surface area contributed by atoms with Crippen LogP contribution >= 0.6 is 11.6 Å². The Morgan fingerprint density at radius 2 is 2.00 bits per heavy atom. The van der Waals surface area contributed by atoms with Crippen LogP contribution in [0.25, 0.3) is 0 Å². The van der Waals surface area contributed by atoms with Gasteiger partial charge in [-0.25, -0.2) is 0 Å². The van der Waals surface area contributed by atoms with E-state index in [1.54, 1.807) is 13.0 Å². The molecule has 0 atom stereocenters. The number of rotatable bonds is 3. The fraction of sp³-hybridized carbons (Fsp3) is 0.0714. The van der Waals surface area contributed by atoms with Crippen molar-refractivity contribution in [2.24, 2.45) is 0 Å². The average molecular weight is 307 g/mol. The summed E-state index contributed by atoms with van der Waals surface area (Å²) in [4.78, 5) is 22.1. The smallest absolute Gasteiger partial charge is 0.287 e. The van der Waals surface area contributed by atoms with Gasteiger partial charge in [-0.1, -0.05) is 11.6 Å². The number of nitro groups is 1. The molecule has 2 aromatic carbocycles. The SMILES string of the molecule is Cc1cc(O)ccc1NC(=O)c1ccc([N+](=O)[O-])c(Cl)c1. The van der Waals surface area contributed by atoms with Crippen molar-refractivity contribution in [2.75, 3.05) is 5.32 Å². The maximum Gasteiger partial charge on any atom is 0.287 e. The summed E-state index contributed by atoms with van der Waals surface area (Å²) in [6, 6.07) is 8.28. The van der Waals surface area contributed by atoms with Crippen molar-refractivity contribution in [3.8, 4) is 5.75 Å². The van der Waals surface area contributed by atoms with Gasteiger partial charge in [0.25, 0.3) is 11.6 Å². The molecule has 7 heteroatoms. The van der Waals surface area contributed by atoms with Gasteiger partial charge in [-0.05, 0) is 42.8 Å². The van der Waals surface area contributed by atoms with Crippen LogP contribution in [0, 0.1) is 17.0 Å². The van der Waals surface area contributed by atoms with Gasteiger partial charge in [0.15, 0.2) is 0 Å². The number of carbonyl (C=O) groups excluding carboxylic acids is 1. The number of amides is 1. The fourth-order valence-corrected chi connectivity index (χ4v) is 2.03. The number of nitro benzene ring substituents is 1. The number of aryl methyl sites for hydroxylation is 1. The summed E-state index contributed by atoms with van der Waals surface area (Å²) in [7, 11) is 0. The Kier molecular flexibility index (Phi) is 4.09. The van der Waals surface area contributed by atoms with E-state index in [1.807, 2.05) is 0 Å². The summed E-state index contributed by atoms with van der Waals surface area (Å²) < 4.78 is 0. The molecule has 0 bridgehead atoms. The minimum Gasteiger partial charge on any atom is -0.508 e. The van der Waals surface area contributed by atoms with E-state index < -0.39 is 10.8 Å². The Hall–Kier alpha value is -2.60. The van der Waals surface area contributed by atoms with Crippen molar-refractivity contribution in [2.45, 2.75) is 6.92 Å². The van der Waals surface area contributed by atoms with E-state index in [0.29, 0.717) is 11.3 Å². The molecule has 2 rings (SSSR count). The van der Waals surface area contributed by atoms with Gasteiger partial charge in [-0.15, -0.1) is 0 Å². The second-order valence-electron chi connectivity index (χ2n) is 4.38. The van der Waals surface area contributed by atoms with Crippen molar-refractivity contribution in [1.82, 2.24) is 0 Å². The van der Waals surface area contributed by atoms with E-state index >= 15 is 0 Å². The molecule has 0 aliphatic heterocycles. The highest BCUT2D eigenvalue weighted by Crippen LogP contribution is 2.26. The third-order valence-corrected chi connectivity index (χ3v) is 3.17. The molecule has 0 unspecified atom stereocenters. The van der Waals surface area contributed by atoms with Crippen molar-refractivity contribution < 1.29 is 14.8 Å². The molecule has 6 nitrogen and oxygen atoms in total. The Labute approximate surface area is 125 Å². The first-order chi connectivity index (χ1) is 9.88. The number of halogens is 1. The number of hydrogen-bond donors (Lipinski definition) is 2. The normalized spacial score (nSPS) is 10.2. The molecule has 0 heterocycles. The monoisotopic (exact) mass is 306 g/mol. The zero-order valence-electron chi connectivity index (χ0n) is 11.0. The second-order valence-corrected chi connectivity index (χ2v) is 4.78. The zero-order chi connectivity index (χ0) is 15.6. The lowest BCUT2D eigenvalue weighted by atomic mass is 10.1. The van der Waals surface area contributed by atoms with Gasteiger partial charge in [0.05, 0.1) is 4.92 Å². The number of nitrogens with one attached hydrogen (secondary N) is 1. The predicted octanol–water partition coefficient (Wildman–Crippen LogP) is 3.51. The summed E-state index contributed by atoms with van der Waals surface area (Å²) in [6.45, 7) is 1.73. The van der Waals surface area contributed by atoms with Crippen LogP contribution in [0.15, 0.2) is 36.4 Å². The molecule has 1 amide bonds. The number of nitrogens with zero attached hydrogens (tertiary/aromatic N) is 1. The van der Waals surface area contributed by atoms with Crippen molar-refractivity contribution in [1.29, 1.82) is 0 Å². The lowest BCUT2D eigenvalue weighted by Gasteiger charge is -2.09. The van der Waals surface area contributed by atoms with Gasteiger partial charge >= 0.3 is 0 Å². The molecular formula is C14H11ClN2O4. The first-order valence-corrected chi connectivity index (χ1v) is 6.31. The van der Waals surface area contributed by atoms with Crippen molar-refractivity contribution >= 4 is 28.9 Å². The molecule has 0 aromatic heterocycles. The highest BCUT2D eigenvalue weighted by atomic mass is 35.5. The van der Waals surface area contributed by atoms with Gasteiger partial charge in [0, 0.05) is 17.3 Å². The number of hydrogen-bond acceptors (Lipinski definition) is 4. The molecule has 21 heavy (non-hydrogen) atoms. The number of anilines is 1. The van der Waals surface area contributed by atoms with Crippen LogP contribution in [-0.4, -0.2) is 15.9 Å². The second kappa shape index (κ2) is 5.80. The third kappa shape index (κ3) is 3.29. The molecule has 0 saturated heterocycles. The van der Waals surface area contributed by atoms with E-state index in [0.717, 1.165) is 0 Å². The maximum absolute atomic E-state index is 12.1. The minimum atomic E-state index is -0.617. The summed E-state index contributed by atoms with van der Waals surface area (Å²) in [5, 5.41) is 22.5. The third-order valence-electron chi connectivity index (χ3n) is 2.86. The Morgan fingerprint density at radius 3 is 2.57 bits per heavy atom. The summed E-state index contributed by atoms with van der Waals surface area (Å²) in [5.74, 6) is -0.343. The van der Waals surface area contributed by atoms with Crippen LogP contribution in [0.4, 0.5) is 11.4 Å². The molecule has 2 aromatic rings. The van der Waals surface area contributed by atoms with Crippen LogP contribution < -0.4 is 5.32 Å². The highest BCUT2D eigenvalue weighted by Gasteiger charge is 2.15. The summed E-state index contributed by atoms with van der Waals surface area (Å²) in [6.07, 6.45) is 0. The first-order valence-electron chi connectivity index (χ1n) is 5.93. The first kappa shape index (κ1) is 14.8. The van der Waals surface area contributed by atoms with E-state index in [1.165, 1.54) is 30.3 Å². The van der Waals surface area contributed by atoms with Crippen LogP contribution in [0.1, 0.15) is 15.9 Å². The molecule has 2 N–H and O–H groups in total. The van der Waals surface area contributed by atoms with E-state index in [4.69, 9.17) is 11.6 Å². The van der Waals surface area contributed by atoms with Crippen molar-refractivity contribution in [3.63, 3.8) is 0 Å². The molecule has 0 aliphatic rings. The average Bonchev–Trinajstić information content (AvgIpc) is 2.41. The number of phenolic OH excluding ortho intramolecular Hbond substituents is 1. The number of phenols is 1. The largest absolute Gasteiger partial charge is 0.508 e. The van der Waals surface area contributed by atoms with E-state index in [9.17, 15) is 20.0 Å². The number of carbonyl (C=O) groups is 1.